The Morgan fingerprint density at radius 2 is 2.00 bits per heavy atom. The van der Waals surface area contributed by atoms with E-state index in [4.69, 9.17) is 9.47 Å². The zero-order valence-electron chi connectivity index (χ0n) is 9.08. The van der Waals surface area contributed by atoms with E-state index in [0.29, 0.717) is 5.75 Å². The van der Waals surface area contributed by atoms with Gasteiger partial charge in [0.05, 0.1) is 0 Å². The van der Waals surface area contributed by atoms with E-state index < -0.39 is 0 Å². The normalized spacial score (nSPS) is 18.3. The van der Waals surface area contributed by atoms with Crippen molar-refractivity contribution in [2.45, 2.75) is 6.92 Å². The molecule has 1 aromatic carbocycles. The van der Waals surface area contributed by atoms with Gasteiger partial charge in [0.25, 0.3) is 0 Å². The van der Waals surface area contributed by atoms with E-state index >= 15 is 0 Å². The summed E-state index contributed by atoms with van der Waals surface area (Å²) >= 11 is 0. The van der Waals surface area contributed by atoms with Crippen molar-refractivity contribution in [1.29, 1.82) is 0 Å². The number of ketones is 1. The van der Waals surface area contributed by atoms with Crippen molar-refractivity contribution in [3.63, 3.8) is 0 Å². The summed E-state index contributed by atoms with van der Waals surface area (Å²) in [7, 11) is 0. The van der Waals surface area contributed by atoms with Crippen molar-refractivity contribution >= 4 is 5.78 Å². The van der Waals surface area contributed by atoms with Crippen molar-refractivity contribution in [1.82, 2.24) is 5.32 Å². The molecule has 0 aliphatic carbocycles. The lowest BCUT2D eigenvalue weighted by Gasteiger charge is -2.26. The Morgan fingerprint density at radius 1 is 1.31 bits per heavy atom. The predicted octanol–water partition coefficient (Wildman–Crippen LogP) is 1.13. The quantitative estimate of drug-likeness (QED) is 0.757. The van der Waals surface area contributed by atoms with Gasteiger partial charge in [0.2, 0.25) is 6.79 Å². The number of fused-ring (bicyclic) bond motifs is 1. The number of nitrogens with one attached hydrogen (secondary N) is 1. The maximum Gasteiger partial charge on any atom is 0.231 e. The fraction of sp³-hybridized carbons (Fsp3) is 0.417. The molecule has 2 heterocycles. The number of ether oxygens (including phenoxy) is 2. The third kappa shape index (κ3) is 1.38. The third-order valence-corrected chi connectivity index (χ3v) is 3.14. The fourth-order valence-corrected chi connectivity index (χ4v) is 2.00. The molecule has 0 amide bonds. The lowest BCUT2D eigenvalue weighted by Crippen LogP contribution is -2.46. The largest absolute Gasteiger partial charge is 0.454 e. The first-order chi connectivity index (χ1) is 7.75. The summed E-state index contributed by atoms with van der Waals surface area (Å²) in [5.74, 6) is 1.75. The zero-order valence-corrected chi connectivity index (χ0v) is 9.08. The van der Waals surface area contributed by atoms with E-state index in [-0.39, 0.29) is 18.5 Å². The van der Waals surface area contributed by atoms with Gasteiger partial charge in [0.1, 0.15) is 0 Å². The van der Waals surface area contributed by atoms with Crippen LogP contribution in [-0.4, -0.2) is 25.7 Å². The van der Waals surface area contributed by atoms with E-state index in [0.717, 1.165) is 30.0 Å². The van der Waals surface area contributed by atoms with Crippen LogP contribution in [0.5, 0.6) is 11.5 Å². The average Bonchev–Trinajstić information content (AvgIpc) is 2.60. The molecule has 4 heteroatoms. The summed E-state index contributed by atoms with van der Waals surface area (Å²) in [5.41, 5.74) is 1.72. The summed E-state index contributed by atoms with van der Waals surface area (Å²) in [6.45, 7) is 3.75. The number of aryl methyl sites for hydroxylation is 1. The second-order valence-corrected chi connectivity index (χ2v) is 4.24. The van der Waals surface area contributed by atoms with Crippen molar-refractivity contribution in [2.75, 3.05) is 19.9 Å². The molecular formula is C12H13NO3. The number of carbonyl (C=O) groups is 1. The van der Waals surface area contributed by atoms with Crippen molar-refractivity contribution in [2.24, 2.45) is 5.92 Å². The van der Waals surface area contributed by atoms with Crippen LogP contribution in [0.4, 0.5) is 0 Å². The molecule has 0 aromatic heterocycles. The number of carbonyl (C=O) groups excluding carboxylic acids is 1. The Labute approximate surface area is 93.5 Å². The highest BCUT2D eigenvalue weighted by Gasteiger charge is 2.28. The van der Waals surface area contributed by atoms with Crippen molar-refractivity contribution < 1.29 is 14.3 Å². The van der Waals surface area contributed by atoms with Gasteiger partial charge in [-0.05, 0) is 24.6 Å². The van der Waals surface area contributed by atoms with Crippen LogP contribution in [0.25, 0.3) is 0 Å². The lowest BCUT2D eigenvalue weighted by molar-refractivity contribution is 0.0877. The van der Waals surface area contributed by atoms with E-state index in [1.54, 1.807) is 6.07 Å². The van der Waals surface area contributed by atoms with Crippen LogP contribution in [0.2, 0.25) is 0 Å². The van der Waals surface area contributed by atoms with E-state index in [1.807, 2.05) is 13.0 Å². The molecule has 0 atom stereocenters. The minimum Gasteiger partial charge on any atom is -0.454 e. The SMILES string of the molecule is Cc1cc2c(cc1C(=O)C1CNC1)OCO2. The molecule has 0 saturated carbocycles. The van der Waals surface area contributed by atoms with Crippen LogP contribution in [0.1, 0.15) is 15.9 Å². The number of hydrogen-bond acceptors (Lipinski definition) is 4. The molecule has 84 valence electrons. The Hall–Kier alpha value is -1.55. The van der Waals surface area contributed by atoms with Gasteiger partial charge < -0.3 is 14.8 Å². The first-order valence-electron chi connectivity index (χ1n) is 5.41. The van der Waals surface area contributed by atoms with Crippen LogP contribution in [0, 0.1) is 12.8 Å². The standard InChI is InChI=1S/C12H13NO3/c1-7-2-10-11(16-6-15-10)3-9(7)12(14)8-4-13-5-8/h2-3,8,13H,4-6H2,1H3. The number of rotatable bonds is 2. The maximum absolute atomic E-state index is 12.1. The molecule has 16 heavy (non-hydrogen) atoms. The highest BCUT2D eigenvalue weighted by Crippen LogP contribution is 2.35. The molecular weight excluding hydrogens is 206 g/mol. The van der Waals surface area contributed by atoms with Crippen LogP contribution >= 0.6 is 0 Å². The van der Waals surface area contributed by atoms with Crippen LogP contribution in [0.15, 0.2) is 12.1 Å². The first kappa shape index (κ1) is 9.66. The molecule has 4 nitrogen and oxygen atoms in total. The number of Topliss-reactive ketones (excluding diaryl/α,β-unsaturated/α-hetero) is 1. The van der Waals surface area contributed by atoms with Crippen molar-refractivity contribution in [3.8, 4) is 11.5 Å². The summed E-state index contributed by atoms with van der Waals surface area (Å²) in [4.78, 5) is 12.1. The van der Waals surface area contributed by atoms with E-state index in [2.05, 4.69) is 5.32 Å². The third-order valence-electron chi connectivity index (χ3n) is 3.14. The number of benzene rings is 1. The summed E-state index contributed by atoms with van der Waals surface area (Å²) in [5, 5.41) is 3.11. The van der Waals surface area contributed by atoms with Gasteiger partial charge >= 0.3 is 0 Å². The first-order valence-corrected chi connectivity index (χ1v) is 5.41. The molecule has 3 rings (SSSR count). The second-order valence-electron chi connectivity index (χ2n) is 4.24. The average molecular weight is 219 g/mol. The lowest BCUT2D eigenvalue weighted by atomic mass is 9.90. The molecule has 0 unspecified atom stereocenters. The maximum atomic E-state index is 12.1. The molecule has 1 aromatic rings. The molecule has 1 saturated heterocycles. The highest BCUT2D eigenvalue weighted by molar-refractivity contribution is 6.00. The Balaban J connectivity index is 1.97. The molecule has 0 bridgehead atoms. The molecule has 1 fully saturated rings. The second kappa shape index (κ2) is 3.49. The topological polar surface area (TPSA) is 47.6 Å². The van der Waals surface area contributed by atoms with Gasteiger partial charge in [-0.15, -0.1) is 0 Å². The Morgan fingerprint density at radius 3 is 2.62 bits per heavy atom. The van der Waals surface area contributed by atoms with Gasteiger partial charge in [-0.25, -0.2) is 0 Å². The van der Waals surface area contributed by atoms with E-state index in [1.165, 1.54) is 0 Å². The summed E-state index contributed by atoms with van der Waals surface area (Å²) in [6, 6.07) is 3.68. The fourth-order valence-electron chi connectivity index (χ4n) is 2.00. The van der Waals surface area contributed by atoms with Crippen LogP contribution in [-0.2, 0) is 0 Å². The molecule has 0 spiro atoms. The minimum absolute atomic E-state index is 0.124. The van der Waals surface area contributed by atoms with Gasteiger partial charge in [0, 0.05) is 24.6 Å². The Bertz CT molecular complexity index is 452. The summed E-state index contributed by atoms with van der Waals surface area (Å²) < 4.78 is 10.6. The zero-order chi connectivity index (χ0) is 11.1. The van der Waals surface area contributed by atoms with Gasteiger partial charge in [-0.1, -0.05) is 0 Å². The molecule has 2 aliphatic heterocycles. The van der Waals surface area contributed by atoms with Crippen LogP contribution < -0.4 is 14.8 Å². The van der Waals surface area contributed by atoms with Gasteiger partial charge in [-0.2, -0.15) is 0 Å². The smallest absolute Gasteiger partial charge is 0.231 e. The number of hydrogen-bond donors (Lipinski definition) is 1. The predicted molar refractivity (Wildman–Crippen MR) is 58.0 cm³/mol. The van der Waals surface area contributed by atoms with Crippen molar-refractivity contribution in [3.05, 3.63) is 23.3 Å². The van der Waals surface area contributed by atoms with Gasteiger partial charge in [0.15, 0.2) is 17.3 Å². The molecule has 0 radical (unpaired) electrons. The van der Waals surface area contributed by atoms with E-state index in [9.17, 15) is 4.79 Å². The molecule has 2 aliphatic rings. The highest BCUT2D eigenvalue weighted by atomic mass is 16.7. The summed E-state index contributed by atoms with van der Waals surface area (Å²) in [6.07, 6.45) is 0. The van der Waals surface area contributed by atoms with Gasteiger partial charge in [-0.3, -0.25) is 4.79 Å². The van der Waals surface area contributed by atoms with Crippen LogP contribution in [0.3, 0.4) is 0 Å². The Kier molecular flexibility index (Phi) is 2.11. The minimum atomic E-state index is 0.124. The molecule has 1 N–H and O–H groups in total. The monoisotopic (exact) mass is 219 g/mol.